The Bertz CT molecular complexity index is 816. The first kappa shape index (κ1) is 20.7. The Morgan fingerprint density at radius 3 is 1.42 bits per heavy atom. The highest BCUT2D eigenvalue weighted by Gasteiger charge is 2.28. The second-order valence-corrected chi connectivity index (χ2v) is 11.9. The summed E-state index contributed by atoms with van der Waals surface area (Å²) in [6.45, 7) is 11.9. The van der Waals surface area contributed by atoms with E-state index in [1.165, 1.54) is 16.7 Å². The lowest BCUT2D eigenvalue weighted by Crippen LogP contribution is -2.29. The summed E-state index contributed by atoms with van der Waals surface area (Å²) < 4.78 is 23.9. The molecule has 0 atom stereocenters. The molecular weight excluding hydrogens is 340 g/mol. The quantitative estimate of drug-likeness (QED) is 0.696. The molecule has 142 valence electrons. The first-order valence-electron chi connectivity index (χ1n) is 9.28. The molecule has 3 heteroatoms. The van der Waals surface area contributed by atoms with Crippen molar-refractivity contribution in [1.82, 2.24) is 0 Å². The Balaban J connectivity index is 1.98. The highest BCUT2D eigenvalue weighted by Crippen LogP contribution is 2.23. The fraction of sp³-hybridized carbons (Fsp3) is 0.478. The smallest absolute Gasteiger partial charge is 0.159 e. The first-order chi connectivity index (χ1) is 11.9. The number of hydrogen-bond acceptors (Lipinski definition) is 2. The molecule has 0 spiro atoms. The van der Waals surface area contributed by atoms with E-state index in [1.54, 1.807) is 20.8 Å². The van der Waals surface area contributed by atoms with Crippen molar-refractivity contribution in [2.75, 3.05) is 0 Å². The van der Waals surface area contributed by atoms with Crippen LogP contribution >= 0.6 is 0 Å². The van der Waals surface area contributed by atoms with Gasteiger partial charge < -0.3 is 0 Å². The number of aryl methyl sites for hydroxylation is 2. The number of hydrogen-bond donors (Lipinski definition) is 0. The van der Waals surface area contributed by atoms with Crippen molar-refractivity contribution in [2.45, 2.75) is 70.3 Å². The third-order valence-electron chi connectivity index (χ3n) is 4.83. The Kier molecular flexibility index (Phi) is 6.02. The van der Waals surface area contributed by atoms with Gasteiger partial charge in [0.2, 0.25) is 0 Å². The lowest BCUT2D eigenvalue weighted by molar-refractivity contribution is 0.559. The molecule has 0 fully saturated rings. The molecule has 0 saturated heterocycles. The third kappa shape index (κ3) is 5.44. The van der Waals surface area contributed by atoms with E-state index < -0.39 is 14.6 Å². The van der Waals surface area contributed by atoms with E-state index in [-0.39, 0.29) is 11.2 Å². The Morgan fingerprint density at radius 1 is 0.654 bits per heavy atom. The molecule has 0 radical (unpaired) electrons. The molecule has 2 aromatic rings. The van der Waals surface area contributed by atoms with Crippen LogP contribution in [0.3, 0.4) is 0 Å². The average molecular weight is 373 g/mol. The normalized spacial score (nSPS) is 13.0. The zero-order valence-corrected chi connectivity index (χ0v) is 17.8. The Labute approximate surface area is 159 Å². The minimum Gasteiger partial charge on any atom is -0.228 e. The summed E-state index contributed by atoms with van der Waals surface area (Å²) in [7, 11) is -3.14. The van der Waals surface area contributed by atoms with Crippen LogP contribution in [0.1, 0.15) is 63.8 Å². The maximum atomic E-state index is 12.3. The van der Waals surface area contributed by atoms with Crippen LogP contribution in [-0.2, 0) is 33.8 Å². The van der Waals surface area contributed by atoms with Crippen molar-refractivity contribution in [3.05, 3.63) is 70.8 Å². The van der Waals surface area contributed by atoms with Crippen molar-refractivity contribution < 1.29 is 8.42 Å². The summed E-state index contributed by atoms with van der Waals surface area (Å²) in [5, 5.41) is 0. The zero-order valence-electron chi connectivity index (χ0n) is 17.0. The Hall–Kier alpha value is -1.61. The molecule has 0 aliphatic rings. The van der Waals surface area contributed by atoms with E-state index in [0.717, 1.165) is 18.4 Å². The van der Waals surface area contributed by atoms with Gasteiger partial charge in [-0.15, -0.1) is 0 Å². The molecule has 0 amide bonds. The van der Waals surface area contributed by atoms with Gasteiger partial charge in [-0.1, -0.05) is 69.3 Å². The van der Waals surface area contributed by atoms with Gasteiger partial charge in [0, 0.05) is 0 Å². The largest absolute Gasteiger partial charge is 0.228 e. The molecule has 0 aromatic heterocycles. The van der Waals surface area contributed by atoms with Crippen molar-refractivity contribution >= 4 is 9.84 Å². The van der Waals surface area contributed by atoms with Gasteiger partial charge in [-0.3, -0.25) is 0 Å². The molecule has 2 rings (SSSR count). The fourth-order valence-corrected chi connectivity index (χ4v) is 3.76. The van der Waals surface area contributed by atoms with Gasteiger partial charge >= 0.3 is 0 Å². The topological polar surface area (TPSA) is 34.1 Å². The maximum absolute atomic E-state index is 12.3. The van der Waals surface area contributed by atoms with E-state index in [2.05, 4.69) is 57.2 Å². The van der Waals surface area contributed by atoms with Crippen LogP contribution in [0.4, 0.5) is 0 Å². The van der Waals surface area contributed by atoms with Crippen molar-refractivity contribution in [1.29, 1.82) is 0 Å². The van der Waals surface area contributed by atoms with Gasteiger partial charge in [-0.25, -0.2) is 8.42 Å². The summed E-state index contributed by atoms with van der Waals surface area (Å²) in [5.41, 5.74) is 4.96. The molecule has 0 heterocycles. The fourth-order valence-electron chi connectivity index (χ4n) is 2.70. The predicted molar refractivity (Wildman–Crippen MR) is 111 cm³/mol. The van der Waals surface area contributed by atoms with Crippen LogP contribution in [0.15, 0.2) is 48.5 Å². The van der Waals surface area contributed by atoms with E-state index in [1.807, 2.05) is 12.1 Å². The molecule has 0 unspecified atom stereocenters. The van der Waals surface area contributed by atoms with Gasteiger partial charge in [-0.05, 0) is 61.3 Å². The van der Waals surface area contributed by atoms with Crippen LogP contribution < -0.4 is 0 Å². The molecule has 2 aromatic carbocycles. The minimum atomic E-state index is -3.14. The van der Waals surface area contributed by atoms with Gasteiger partial charge in [0.25, 0.3) is 0 Å². The van der Waals surface area contributed by atoms with Crippen molar-refractivity contribution in [2.24, 2.45) is 0 Å². The summed E-state index contributed by atoms with van der Waals surface area (Å²) >= 11 is 0. The number of sulfone groups is 1. The second kappa shape index (κ2) is 7.56. The van der Waals surface area contributed by atoms with Crippen LogP contribution in [0.25, 0.3) is 0 Å². The standard InChI is InChI=1S/C23H32O2S/c1-22(2,3)21-15-13-19(14-16-21)8-7-18-9-11-20(12-10-18)17-26(24,25)23(4,5)6/h9-16H,7-8,17H2,1-6H3. The van der Waals surface area contributed by atoms with Crippen LogP contribution in [0, 0.1) is 0 Å². The first-order valence-corrected chi connectivity index (χ1v) is 10.9. The molecule has 0 bridgehead atoms. The van der Waals surface area contributed by atoms with Gasteiger partial charge in [0.15, 0.2) is 9.84 Å². The van der Waals surface area contributed by atoms with Gasteiger partial charge in [0.05, 0.1) is 10.5 Å². The zero-order chi connectivity index (χ0) is 19.6. The number of benzene rings is 2. The summed E-state index contributed by atoms with van der Waals surface area (Å²) in [6.07, 6.45) is 1.95. The minimum absolute atomic E-state index is 0.102. The average Bonchev–Trinajstić information content (AvgIpc) is 2.52. The SMILES string of the molecule is CC(C)(C)c1ccc(CCc2ccc(CS(=O)(=O)C(C)(C)C)cc2)cc1. The lowest BCUT2D eigenvalue weighted by Gasteiger charge is -2.19. The van der Waals surface area contributed by atoms with Crippen molar-refractivity contribution in [3.8, 4) is 0 Å². The van der Waals surface area contributed by atoms with Crippen LogP contribution in [-0.4, -0.2) is 13.2 Å². The highest BCUT2D eigenvalue weighted by atomic mass is 32.2. The summed E-state index contributed by atoms with van der Waals surface area (Å²) in [5.74, 6) is 0.102. The van der Waals surface area contributed by atoms with E-state index in [4.69, 9.17) is 0 Å². The maximum Gasteiger partial charge on any atom is 0.159 e. The van der Waals surface area contributed by atoms with Crippen LogP contribution in [0.5, 0.6) is 0 Å². The summed E-state index contributed by atoms with van der Waals surface area (Å²) in [4.78, 5) is 0. The molecule has 0 N–H and O–H groups in total. The van der Waals surface area contributed by atoms with Crippen molar-refractivity contribution in [3.63, 3.8) is 0 Å². The van der Waals surface area contributed by atoms with Gasteiger partial charge in [-0.2, -0.15) is 0 Å². The van der Waals surface area contributed by atoms with E-state index in [0.29, 0.717) is 0 Å². The monoisotopic (exact) mass is 372 g/mol. The van der Waals surface area contributed by atoms with E-state index >= 15 is 0 Å². The number of rotatable bonds is 5. The molecule has 2 nitrogen and oxygen atoms in total. The molecule has 0 saturated carbocycles. The Morgan fingerprint density at radius 2 is 1.04 bits per heavy atom. The van der Waals surface area contributed by atoms with Gasteiger partial charge in [0.1, 0.15) is 0 Å². The molecule has 0 aliphatic carbocycles. The third-order valence-corrected chi connectivity index (χ3v) is 7.41. The predicted octanol–water partition coefficient (Wildman–Crippen LogP) is 5.48. The highest BCUT2D eigenvalue weighted by molar-refractivity contribution is 7.91. The second-order valence-electron chi connectivity index (χ2n) is 9.13. The van der Waals surface area contributed by atoms with Crippen LogP contribution in [0.2, 0.25) is 0 Å². The lowest BCUT2D eigenvalue weighted by atomic mass is 9.86. The molecular formula is C23H32O2S. The summed E-state index contributed by atoms with van der Waals surface area (Å²) in [6, 6.07) is 16.9. The molecule has 26 heavy (non-hydrogen) atoms. The molecule has 0 aliphatic heterocycles. The van der Waals surface area contributed by atoms with E-state index in [9.17, 15) is 8.42 Å².